The molecule has 0 saturated carbocycles. The number of hydrogen-bond acceptors (Lipinski definition) is 4. The van der Waals surface area contributed by atoms with Crippen LogP contribution in [0.2, 0.25) is 0 Å². The van der Waals surface area contributed by atoms with Crippen LogP contribution in [0.25, 0.3) is 11.1 Å². The van der Waals surface area contributed by atoms with Crippen molar-refractivity contribution in [3.05, 3.63) is 66.0 Å². The highest BCUT2D eigenvalue weighted by Crippen LogP contribution is 2.33. The third kappa shape index (κ3) is 3.96. The normalized spacial score (nSPS) is 13.3. The summed E-state index contributed by atoms with van der Waals surface area (Å²) in [4.78, 5) is 11.9. The molecular formula is C20H22N4O2. The van der Waals surface area contributed by atoms with Crippen LogP contribution in [0.1, 0.15) is 37.1 Å². The molecule has 0 aliphatic heterocycles. The van der Waals surface area contributed by atoms with E-state index in [1.807, 2.05) is 43.3 Å². The van der Waals surface area contributed by atoms with Crippen molar-refractivity contribution < 1.29 is 9.90 Å². The molecule has 2 atom stereocenters. The van der Waals surface area contributed by atoms with Crippen molar-refractivity contribution in [3.63, 3.8) is 0 Å². The Hall–Kier alpha value is -3.02. The van der Waals surface area contributed by atoms with E-state index < -0.39 is 11.9 Å². The number of aromatic nitrogens is 4. The number of rotatable bonds is 8. The molecule has 6 nitrogen and oxygen atoms in total. The lowest BCUT2D eigenvalue weighted by atomic mass is 9.81. The molecule has 0 aliphatic rings. The van der Waals surface area contributed by atoms with Crippen LogP contribution in [-0.4, -0.2) is 31.7 Å². The molecule has 0 saturated heterocycles. The molecule has 134 valence electrons. The lowest BCUT2D eigenvalue weighted by Crippen LogP contribution is -2.25. The molecule has 3 aromatic rings. The predicted molar refractivity (Wildman–Crippen MR) is 98.5 cm³/mol. The Morgan fingerprint density at radius 2 is 1.85 bits per heavy atom. The Balaban J connectivity index is 1.99. The number of hydrogen-bond donors (Lipinski definition) is 2. The summed E-state index contributed by atoms with van der Waals surface area (Å²) in [5.41, 5.74) is 3.29. The SMILES string of the molecule is CCC[C@H](C(=O)O)[C@H](Cc1ccccc1-c1ccccc1)c1nn[nH]n1. The van der Waals surface area contributed by atoms with Gasteiger partial charge in [0.1, 0.15) is 0 Å². The van der Waals surface area contributed by atoms with Crippen LogP contribution in [0.3, 0.4) is 0 Å². The van der Waals surface area contributed by atoms with Crippen LogP contribution in [0.15, 0.2) is 54.6 Å². The van der Waals surface area contributed by atoms with E-state index in [0.717, 1.165) is 23.1 Å². The van der Waals surface area contributed by atoms with Gasteiger partial charge < -0.3 is 5.11 Å². The molecule has 26 heavy (non-hydrogen) atoms. The number of H-pyrrole nitrogens is 1. The number of aliphatic carboxylic acids is 1. The molecule has 2 aromatic carbocycles. The van der Waals surface area contributed by atoms with E-state index in [-0.39, 0.29) is 5.92 Å². The molecular weight excluding hydrogens is 328 g/mol. The van der Waals surface area contributed by atoms with Crippen molar-refractivity contribution in [2.45, 2.75) is 32.1 Å². The molecule has 1 heterocycles. The first-order valence-corrected chi connectivity index (χ1v) is 8.80. The van der Waals surface area contributed by atoms with Crippen molar-refractivity contribution in [1.29, 1.82) is 0 Å². The zero-order valence-corrected chi connectivity index (χ0v) is 14.7. The van der Waals surface area contributed by atoms with Gasteiger partial charge in [-0.3, -0.25) is 4.79 Å². The Morgan fingerprint density at radius 1 is 1.12 bits per heavy atom. The number of nitrogens with zero attached hydrogens (tertiary/aromatic N) is 3. The Bertz CT molecular complexity index is 834. The quantitative estimate of drug-likeness (QED) is 0.646. The van der Waals surface area contributed by atoms with Gasteiger partial charge in [0.25, 0.3) is 0 Å². The number of tetrazole rings is 1. The van der Waals surface area contributed by atoms with Crippen molar-refractivity contribution in [3.8, 4) is 11.1 Å². The fraction of sp³-hybridized carbons (Fsp3) is 0.300. The number of benzene rings is 2. The number of carboxylic acids is 1. The van der Waals surface area contributed by atoms with Gasteiger partial charge >= 0.3 is 5.97 Å². The van der Waals surface area contributed by atoms with E-state index in [2.05, 4.69) is 38.8 Å². The third-order valence-electron chi connectivity index (χ3n) is 4.64. The topological polar surface area (TPSA) is 91.8 Å². The first kappa shape index (κ1) is 17.8. The average molecular weight is 350 g/mol. The summed E-state index contributed by atoms with van der Waals surface area (Å²) in [5, 5.41) is 24.0. The molecule has 0 spiro atoms. The van der Waals surface area contributed by atoms with Gasteiger partial charge in [0, 0.05) is 5.92 Å². The van der Waals surface area contributed by atoms with E-state index in [1.54, 1.807) is 0 Å². The Morgan fingerprint density at radius 3 is 2.50 bits per heavy atom. The number of nitrogens with one attached hydrogen (secondary N) is 1. The van der Waals surface area contributed by atoms with E-state index in [4.69, 9.17) is 0 Å². The lowest BCUT2D eigenvalue weighted by Gasteiger charge is -2.22. The Kier molecular flexibility index (Phi) is 5.73. The predicted octanol–water partition coefficient (Wildman–Crippen LogP) is 3.69. The second-order valence-corrected chi connectivity index (χ2v) is 6.34. The van der Waals surface area contributed by atoms with Gasteiger partial charge in [-0.05, 0) is 29.5 Å². The van der Waals surface area contributed by atoms with E-state index >= 15 is 0 Å². The van der Waals surface area contributed by atoms with Gasteiger partial charge in [0.15, 0.2) is 5.82 Å². The highest BCUT2D eigenvalue weighted by molar-refractivity contribution is 5.72. The summed E-state index contributed by atoms with van der Waals surface area (Å²) in [6.45, 7) is 1.99. The maximum atomic E-state index is 11.9. The third-order valence-corrected chi connectivity index (χ3v) is 4.64. The van der Waals surface area contributed by atoms with Crippen LogP contribution in [-0.2, 0) is 11.2 Å². The highest BCUT2D eigenvalue weighted by Gasteiger charge is 2.32. The molecule has 0 bridgehead atoms. The Labute approximate surface area is 152 Å². The molecule has 2 N–H and O–H groups in total. The highest BCUT2D eigenvalue weighted by atomic mass is 16.4. The minimum Gasteiger partial charge on any atom is -0.481 e. The average Bonchev–Trinajstić information content (AvgIpc) is 3.20. The van der Waals surface area contributed by atoms with E-state index in [0.29, 0.717) is 18.7 Å². The molecule has 1 aromatic heterocycles. The zero-order valence-electron chi connectivity index (χ0n) is 14.7. The van der Waals surface area contributed by atoms with Crippen molar-refractivity contribution in [2.75, 3.05) is 0 Å². The lowest BCUT2D eigenvalue weighted by molar-refractivity contribution is -0.142. The first-order valence-electron chi connectivity index (χ1n) is 8.80. The van der Waals surface area contributed by atoms with Gasteiger partial charge in [-0.1, -0.05) is 73.2 Å². The first-order chi connectivity index (χ1) is 12.7. The zero-order chi connectivity index (χ0) is 18.4. The minimum absolute atomic E-state index is 0.337. The molecule has 6 heteroatoms. The van der Waals surface area contributed by atoms with Crippen LogP contribution in [0, 0.1) is 5.92 Å². The van der Waals surface area contributed by atoms with Gasteiger partial charge in [0.2, 0.25) is 0 Å². The number of aromatic amines is 1. The summed E-state index contributed by atoms with van der Waals surface area (Å²) >= 11 is 0. The second kappa shape index (κ2) is 8.38. The smallest absolute Gasteiger partial charge is 0.307 e. The van der Waals surface area contributed by atoms with Gasteiger partial charge in [-0.2, -0.15) is 5.21 Å². The van der Waals surface area contributed by atoms with Crippen LogP contribution >= 0.6 is 0 Å². The second-order valence-electron chi connectivity index (χ2n) is 6.34. The molecule has 0 radical (unpaired) electrons. The maximum Gasteiger partial charge on any atom is 0.307 e. The summed E-state index contributed by atoms with van der Waals surface area (Å²) in [6.07, 6.45) is 1.90. The van der Waals surface area contributed by atoms with Gasteiger partial charge in [0.05, 0.1) is 5.92 Å². The fourth-order valence-electron chi connectivity index (χ4n) is 3.38. The molecule has 0 fully saturated rings. The maximum absolute atomic E-state index is 11.9. The van der Waals surface area contributed by atoms with Gasteiger partial charge in [-0.15, -0.1) is 10.2 Å². The van der Waals surface area contributed by atoms with Crippen molar-refractivity contribution >= 4 is 5.97 Å². The summed E-state index contributed by atoms with van der Waals surface area (Å²) in [6, 6.07) is 18.2. The van der Waals surface area contributed by atoms with Gasteiger partial charge in [-0.25, -0.2) is 0 Å². The summed E-state index contributed by atoms with van der Waals surface area (Å²) in [5.74, 6) is -1.26. The van der Waals surface area contributed by atoms with Crippen molar-refractivity contribution in [1.82, 2.24) is 20.6 Å². The molecule has 0 unspecified atom stereocenters. The van der Waals surface area contributed by atoms with Crippen LogP contribution < -0.4 is 0 Å². The fourth-order valence-corrected chi connectivity index (χ4v) is 3.38. The summed E-state index contributed by atoms with van der Waals surface area (Å²) < 4.78 is 0. The standard InChI is InChI=1S/C20H22N4O2/c1-2-8-17(20(25)26)18(19-21-23-24-22-19)13-15-11-6-7-12-16(15)14-9-4-3-5-10-14/h3-7,9-12,17-18H,2,8,13H2,1H3,(H,25,26)(H,21,22,23,24)/t17-,18-/m0/s1. The number of carbonyl (C=O) groups is 1. The van der Waals surface area contributed by atoms with E-state index in [9.17, 15) is 9.90 Å². The number of carboxylic acid groups (broad SMARTS) is 1. The van der Waals surface area contributed by atoms with Crippen LogP contribution in [0.4, 0.5) is 0 Å². The minimum atomic E-state index is -0.821. The monoisotopic (exact) mass is 350 g/mol. The molecule has 0 aliphatic carbocycles. The molecule has 0 amide bonds. The van der Waals surface area contributed by atoms with E-state index in [1.165, 1.54) is 0 Å². The van der Waals surface area contributed by atoms with Crippen LogP contribution in [0.5, 0.6) is 0 Å². The van der Waals surface area contributed by atoms with Crippen molar-refractivity contribution in [2.24, 2.45) is 5.92 Å². The largest absolute Gasteiger partial charge is 0.481 e. The molecule has 3 rings (SSSR count). The summed E-state index contributed by atoms with van der Waals surface area (Å²) in [7, 11) is 0.